The van der Waals surface area contributed by atoms with Gasteiger partial charge in [0.15, 0.2) is 5.78 Å². The predicted molar refractivity (Wildman–Crippen MR) is 103 cm³/mol. The van der Waals surface area contributed by atoms with E-state index in [1.54, 1.807) is 12.2 Å². The molecular weight excluding hydrogens is 312 g/mol. The normalized spacial score (nSPS) is 12.0. The molecule has 0 amide bonds. The van der Waals surface area contributed by atoms with Gasteiger partial charge in [-0.25, -0.2) is 4.79 Å². The number of carbonyl (C=O) groups excluding carboxylic acids is 2. The lowest BCUT2D eigenvalue weighted by Crippen LogP contribution is -2.18. The summed E-state index contributed by atoms with van der Waals surface area (Å²) in [6.45, 7) is 13.0. The summed E-state index contributed by atoms with van der Waals surface area (Å²) in [6.07, 6.45) is 9.13. The molecule has 0 aliphatic carbocycles. The third kappa shape index (κ3) is 6.92. The maximum atomic E-state index is 12.6. The molecule has 1 atom stereocenters. The van der Waals surface area contributed by atoms with Crippen molar-refractivity contribution in [1.82, 2.24) is 0 Å². The smallest absolute Gasteiger partial charge is 0.338 e. The number of aryl methyl sites for hydroxylation is 2. The molecule has 3 heteroatoms. The van der Waals surface area contributed by atoms with E-state index >= 15 is 0 Å². The highest BCUT2D eigenvalue weighted by atomic mass is 16.5. The van der Waals surface area contributed by atoms with Crippen LogP contribution in [0.15, 0.2) is 49.6 Å². The predicted octanol–water partition coefficient (Wildman–Crippen LogP) is 5.06. The first-order valence-corrected chi connectivity index (χ1v) is 8.61. The molecule has 0 radical (unpaired) electrons. The van der Waals surface area contributed by atoms with Gasteiger partial charge in [-0.15, -0.1) is 13.2 Å². The lowest BCUT2D eigenvalue weighted by molar-refractivity contribution is -0.114. The van der Waals surface area contributed by atoms with Crippen LogP contribution in [0, 0.1) is 13.8 Å². The Morgan fingerprint density at radius 3 is 2.52 bits per heavy atom. The fraction of sp³-hybridized carbons (Fsp3) is 0.364. The molecule has 1 aromatic carbocycles. The van der Waals surface area contributed by atoms with Crippen LogP contribution in [0.1, 0.15) is 53.2 Å². The van der Waals surface area contributed by atoms with E-state index in [1.165, 1.54) is 0 Å². The minimum absolute atomic E-state index is 0.0257. The molecule has 0 aliphatic rings. The van der Waals surface area contributed by atoms with Crippen molar-refractivity contribution >= 4 is 11.8 Å². The van der Waals surface area contributed by atoms with Crippen molar-refractivity contribution in [2.45, 2.75) is 52.6 Å². The molecule has 3 nitrogen and oxygen atoms in total. The quantitative estimate of drug-likeness (QED) is 0.259. The molecule has 0 spiro atoms. The highest BCUT2D eigenvalue weighted by Gasteiger charge is 2.19. The Morgan fingerprint density at radius 1 is 1.16 bits per heavy atom. The number of allylic oxidation sites excluding steroid dienone is 3. The summed E-state index contributed by atoms with van der Waals surface area (Å²) in [5, 5.41) is 0. The van der Waals surface area contributed by atoms with Gasteiger partial charge in [-0.1, -0.05) is 35.9 Å². The van der Waals surface area contributed by atoms with Gasteiger partial charge in [-0.3, -0.25) is 4.79 Å². The first-order valence-electron chi connectivity index (χ1n) is 8.61. The van der Waals surface area contributed by atoms with Crippen molar-refractivity contribution in [2.24, 2.45) is 0 Å². The van der Waals surface area contributed by atoms with E-state index in [0.717, 1.165) is 24.0 Å². The van der Waals surface area contributed by atoms with Crippen LogP contribution in [0.4, 0.5) is 0 Å². The highest BCUT2D eigenvalue weighted by molar-refractivity contribution is 5.97. The maximum absolute atomic E-state index is 12.6. The summed E-state index contributed by atoms with van der Waals surface area (Å²) >= 11 is 0. The summed E-state index contributed by atoms with van der Waals surface area (Å²) < 4.78 is 5.48. The lowest BCUT2D eigenvalue weighted by Gasteiger charge is -2.16. The van der Waals surface area contributed by atoms with Crippen LogP contribution >= 0.6 is 0 Å². The van der Waals surface area contributed by atoms with Gasteiger partial charge < -0.3 is 4.74 Å². The van der Waals surface area contributed by atoms with Crippen LogP contribution in [0.5, 0.6) is 0 Å². The molecule has 25 heavy (non-hydrogen) atoms. The monoisotopic (exact) mass is 340 g/mol. The number of hydrogen-bond acceptors (Lipinski definition) is 3. The minimum atomic E-state index is -0.384. The fourth-order valence-corrected chi connectivity index (χ4v) is 2.69. The van der Waals surface area contributed by atoms with E-state index in [9.17, 15) is 9.59 Å². The topological polar surface area (TPSA) is 43.4 Å². The van der Waals surface area contributed by atoms with Gasteiger partial charge in [-0.05, 0) is 50.8 Å². The van der Waals surface area contributed by atoms with Crippen molar-refractivity contribution < 1.29 is 14.3 Å². The second-order valence-corrected chi connectivity index (χ2v) is 6.27. The lowest BCUT2D eigenvalue weighted by atomic mass is 9.95. The third-order valence-electron chi connectivity index (χ3n) is 3.78. The zero-order chi connectivity index (χ0) is 18.8. The number of esters is 1. The van der Waals surface area contributed by atoms with E-state index in [0.29, 0.717) is 17.5 Å². The number of hydrogen-bond donors (Lipinski definition) is 0. The van der Waals surface area contributed by atoms with E-state index < -0.39 is 0 Å². The zero-order valence-corrected chi connectivity index (χ0v) is 15.5. The molecule has 0 unspecified atom stereocenters. The Hall–Kier alpha value is -2.42. The Labute approximate surface area is 151 Å². The van der Waals surface area contributed by atoms with E-state index in [-0.39, 0.29) is 24.3 Å². The molecular formula is C22H28O3. The van der Waals surface area contributed by atoms with Crippen molar-refractivity contribution in [2.75, 3.05) is 0 Å². The van der Waals surface area contributed by atoms with E-state index in [2.05, 4.69) is 13.2 Å². The number of ether oxygens (including phenoxy) is 1. The van der Waals surface area contributed by atoms with Crippen LogP contribution in [0.25, 0.3) is 0 Å². The molecule has 0 saturated carbocycles. The van der Waals surface area contributed by atoms with Gasteiger partial charge >= 0.3 is 5.97 Å². The molecule has 134 valence electrons. The average molecular weight is 340 g/mol. The molecule has 1 aromatic rings. The van der Waals surface area contributed by atoms with Gasteiger partial charge in [0.1, 0.15) is 6.10 Å². The van der Waals surface area contributed by atoms with Crippen LogP contribution in [-0.2, 0) is 16.0 Å². The van der Waals surface area contributed by atoms with Gasteiger partial charge in [0.25, 0.3) is 0 Å². The van der Waals surface area contributed by atoms with Gasteiger partial charge in [-0.2, -0.15) is 0 Å². The van der Waals surface area contributed by atoms with E-state index in [4.69, 9.17) is 4.74 Å². The number of benzene rings is 1. The third-order valence-corrected chi connectivity index (χ3v) is 3.78. The van der Waals surface area contributed by atoms with Crippen LogP contribution in [0.3, 0.4) is 0 Å². The molecule has 0 fully saturated rings. The highest BCUT2D eigenvalue weighted by Crippen LogP contribution is 2.20. The molecule has 0 bridgehead atoms. The molecule has 0 N–H and O–H groups in total. The second kappa shape index (κ2) is 10.4. The van der Waals surface area contributed by atoms with Crippen molar-refractivity contribution in [3.05, 3.63) is 71.8 Å². The van der Waals surface area contributed by atoms with Crippen LogP contribution < -0.4 is 0 Å². The number of carbonyl (C=O) groups is 2. The number of ketones is 1. The van der Waals surface area contributed by atoms with Crippen molar-refractivity contribution in [3.8, 4) is 0 Å². The molecule has 0 aliphatic heterocycles. The Balaban J connectivity index is 3.00. The average Bonchev–Trinajstić information content (AvgIpc) is 2.51. The van der Waals surface area contributed by atoms with Crippen LogP contribution in [-0.4, -0.2) is 17.9 Å². The Bertz CT molecular complexity index is 668. The fourth-order valence-electron chi connectivity index (χ4n) is 2.69. The van der Waals surface area contributed by atoms with Gasteiger partial charge in [0.05, 0.1) is 5.56 Å². The summed E-state index contributed by atoms with van der Waals surface area (Å²) in [5.74, 6) is -0.410. The maximum Gasteiger partial charge on any atom is 0.338 e. The first kappa shape index (κ1) is 20.6. The summed E-state index contributed by atoms with van der Waals surface area (Å²) in [6, 6.07) is 3.82. The summed E-state index contributed by atoms with van der Waals surface area (Å²) in [4.78, 5) is 24.8. The Morgan fingerprint density at radius 2 is 1.88 bits per heavy atom. The standard InChI is InChI=1S/C22H28O3/c1-6-8-9-10-12-20(23)15-19-14-16(3)13-17(4)21(19)22(24)25-18(5)11-7-2/h6-7,10,12-14,18H,1-2,8-9,11,15H2,3-5H3/b12-10+/t18-/m0/s1. The summed E-state index contributed by atoms with van der Waals surface area (Å²) in [7, 11) is 0. The SMILES string of the molecule is C=CCC/C=C/C(=O)Cc1cc(C)cc(C)c1C(=O)O[C@@H](C)CC=C. The van der Waals surface area contributed by atoms with Crippen molar-refractivity contribution in [3.63, 3.8) is 0 Å². The first-order chi connectivity index (χ1) is 11.9. The Kier molecular flexibility index (Phi) is 8.62. The van der Waals surface area contributed by atoms with Gasteiger partial charge in [0.2, 0.25) is 0 Å². The zero-order valence-electron chi connectivity index (χ0n) is 15.5. The number of rotatable bonds is 10. The second-order valence-electron chi connectivity index (χ2n) is 6.27. The number of unbranched alkanes of at least 4 members (excludes halogenated alkanes) is 1. The summed E-state index contributed by atoms with van der Waals surface area (Å²) in [5.41, 5.74) is 3.06. The molecule has 0 saturated heterocycles. The van der Waals surface area contributed by atoms with E-state index in [1.807, 2.05) is 45.1 Å². The molecule has 0 aromatic heterocycles. The van der Waals surface area contributed by atoms with Gasteiger partial charge in [0, 0.05) is 12.8 Å². The minimum Gasteiger partial charge on any atom is -0.459 e. The van der Waals surface area contributed by atoms with Crippen LogP contribution in [0.2, 0.25) is 0 Å². The molecule has 1 rings (SSSR count). The van der Waals surface area contributed by atoms with Crippen molar-refractivity contribution in [1.29, 1.82) is 0 Å². The largest absolute Gasteiger partial charge is 0.459 e. The molecule has 0 heterocycles.